The van der Waals surface area contributed by atoms with E-state index in [1.807, 2.05) is 17.5 Å². The molecule has 1 N–H and O–H groups in total. The number of rotatable bonds is 10. The maximum Gasteiger partial charge on any atom is 0.277 e. The molecule has 0 atom stereocenters. The summed E-state index contributed by atoms with van der Waals surface area (Å²) >= 11 is 1.51. The smallest absolute Gasteiger partial charge is 0.277 e. The fraction of sp³-hybridized carbons (Fsp3) is 0.364. The maximum absolute atomic E-state index is 12.8. The van der Waals surface area contributed by atoms with Gasteiger partial charge in [-0.05, 0) is 43.6 Å². The molecule has 1 aromatic carbocycles. The number of nitrogens with zero attached hydrogens (tertiary/aromatic N) is 2. The number of likely N-dealkylation sites (N-methyl/N-ethyl adjacent to an activating group) is 1. The quantitative estimate of drug-likeness (QED) is 0.504. The normalized spacial score (nSPS) is 11.0. The van der Waals surface area contributed by atoms with Crippen molar-refractivity contribution < 1.29 is 18.7 Å². The molecule has 0 fully saturated rings. The Labute approximate surface area is 180 Å². The van der Waals surface area contributed by atoms with Gasteiger partial charge in [0, 0.05) is 18.3 Å². The molecule has 2 aromatic heterocycles. The molecule has 1 amide bonds. The third-order valence-corrected chi connectivity index (χ3v) is 5.58. The number of carbonyl (C=O) groups excluding carboxylic acids is 1. The second-order valence-corrected chi connectivity index (χ2v) is 7.54. The Kier molecular flexibility index (Phi) is 7.48. The number of carbonyl (C=O) groups is 1. The van der Waals surface area contributed by atoms with Gasteiger partial charge >= 0.3 is 0 Å². The molecule has 7 nitrogen and oxygen atoms in total. The lowest BCUT2D eigenvalue weighted by Crippen LogP contribution is -2.28. The van der Waals surface area contributed by atoms with Gasteiger partial charge in [-0.2, -0.15) is 0 Å². The molecule has 0 unspecified atom stereocenters. The van der Waals surface area contributed by atoms with Crippen molar-refractivity contribution >= 4 is 22.9 Å². The number of aromatic nitrogens is 1. The number of oxazole rings is 1. The molecular weight excluding hydrogens is 402 g/mol. The number of amides is 1. The van der Waals surface area contributed by atoms with Crippen molar-refractivity contribution in [1.82, 2.24) is 9.88 Å². The van der Waals surface area contributed by atoms with Gasteiger partial charge in [-0.1, -0.05) is 19.9 Å². The molecule has 0 bridgehead atoms. The number of aryl methyl sites for hydroxylation is 1. The number of thiophene rings is 1. The first-order valence-corrected chi connectivity index (χ1v) is 10.8. The first-order valence-electron chi connectivity index (χ1n) is 9.91. The Hall–Kier alpha value is -2.84. The number of nitrogens with one attached hydrogen (secondary N) is 1. The van der Waals surface area contributed by atoms with E-state index in [1.165, 1.54) is 11.3 Å². The molecule has 0 aliphatic rings. The van der Waals surface area contributed by atoms with Crippen molar-refractivity contribution in [3.63, 3.8) is 0 Å². The lowest BCUT2D eigenvalue weighted by molar-refractivity contribution is 0.102. The van der Waals surface area contributed by atoms with Crippen molar-refractivity contribution in [3.05, 3.63) is 47.2 Å². The number of ether oxygens (including phenoxy) is 2. The van der Waals surface area contributed by atoms with E-state index < -0.39 is 0 Å². The Morgan fingerprint density at radius 1 is 1.23 bits per heavy atom. The highest BCUT2D eigenvalue weighted by atomic mass is 32.1. The van der Waals surface area contributed by atoms with E-state index in [0.717, 1.165) is 24.5 Å². The van der Waals surface area contributed by atoms with E-state index in [0.29, 0.717) is 35.4 Å². The van der Waals surface area contributed by atoms with Crippen molar-refractivity contribution in [1.29, 1.82) is 0 Å². The lowest BCUT2D eigenvalue weighted by Gasteiger charge is -2.19. The Balaban J connectivity index is 1.71. The third kappa shape index (κ3) is 5.20. The van der Waals surface area contributed by atoms with Crippen LogP contribution in [-0.4, -0.2) is 49.1 Å². The van der Waals surface area contributed by atoms with Crippen LogP contribution in [0.3, 0.4) is 0 Å². The first-order chi connectivity index (χ1) is 14.5. The van der Waals surface area contributed by atoms with Crippen LogP contribution in [0.5, 0.6) is 11.5 Å². The number of hydrogen-bond acceptors (Lipinski definition) is 7. The van der Waals surface area contributed by atoms with Crippen molar-refractivity contribution in [2.75, 3.05) is 38.7 Å². The largest absolute Gasteiger partial charge is 0.493 e. The van der Waals surface area contributed by atoms with Gasteiger partial charge in [-0.15, -0.1) is 11.3 Å². The molecule has 160 valence electrons. The summed E-state index contributed by atoms with van der Waals surface area (Å²) in [7, 11) is 1.59. The molecule has 3 rings (SSSR count). The van der Waals surface area contributed by atoms with Gasteiger partial charge in [0.2, 0.25) is 5.89 Å². The highest BCUT2D eigenvalue weighted by molar-refractivity contribution is 7.13. The minimum absolute atomic E-state index is 0.262. The van der Waals surface area contributed by atoms with Crippen molar-refractivity contribution in [3.8, 4) is 22.3 Å². The van der Waals surface area contributed by atoms with E-state index in [9.17, 15) is 4.79 Å². The summed E-state index contributed by atoms with van der Waals surface area (Å²) in [5, 5.41) is 4.81. The second-order valence-electron chi connectivity index (χ2n) is 6.60. The molecule has 0 radical (unpaired) electrons. The predicted octanol–water partition coefficient (Wildman–Crippen LogP) is 4.69. The fourth-order valence-corrected chi connectivity index (χ4v) is 3.64. The predicted molar refractivity (Wildman–Crippen MR) is 119 cm³/mol. The summed E-state index contributed by atoms with van der Waals surface area (Å²) in [5.41, 5.74) is 0.858. The van der Waals surface area contributed by atoms with Crippen LogP contribution < -0.4 is 14.8 Å². The van der Waals surface area contributed by atoms with E-state index in [-0.39, 0.29) is 11.6 Å². The number of hydrogen-bond donors (Lipinski definition) is 1. The van der Waals surface area contributed by atoms with E-state index in [2.05, 4.69) is 29.0 Å². The fourth-order valence-electron chi connectivity index (χ4n) is 2.99. The van der Waals surface area contributed by atoms with Crippen molar-refractivity contribution in [2.24, 2.45) is 0 Å². The summed E-state index contributed by atoms with van der Waals surface area (Å²) < 4.78 is 17.0. The molecule has 2 heterocycles. The molecule has 0 aliphatic carbocycles. The van der Waals surface area contributed by atoms with Gasteiger partial charge < -0.3 is 24.1 Å². The monoisotopic (exact) mass is 429 g/mol. The summed E-state index contributed by atoms with van der Waals surface area (Å²) in [6.07, 6.45) is 0. The van der Waals surface area contributed by atoms with E-state index in [1.54, 1.807) is 32.2 Å². The third-order valence-electron chi connectivity index (χ3n) is 4.72. The molecule has 30 heavy (non-hydrogen) atoms. The number of benzene rings is 1. The van der Waals surface area contributed by atoms with Crippen LogP contribution in [0.1, 0.15) is 30.1 Å². The Morgan fingerprint density at radius 3 is 2.70 bits per heavy atom. The zero-order chi connectivity index (χ0) is 21.5. The minimum Gasteiger partial charge on any atom is -0.493 e. The van der Waals surface area contributed by atoms with Gasteiger partial charge in [0.05, 0.1) is 12.0 Å². The van der Waals surface area contributed by atoms with Crippen LogP contribution >= 0.6 is 11.3 Å². The van der Waals surface area contributed by atoms with Gasteiger partial charge in [0.1, 0.15) is 12.4 Å². The highest BCUT2D eigenvalue weighted by Crippen LogP contribution is 2.31. The average molecular weight is 430 g/mol. The lowest BCUT2D eigenvalue weighted by atomic mass is 10.2. The van der Waals surface area contributed by atoms with Gasteiger partial charge in [0.15, 0.2) is 17.2 Å². The second kappa shape index (κ2) is 10.3. The van der Waals surface area contributed by atoms with Gasteiger partial charge in [-0.25, -0.2) is 4.98 Å². The Morgan fingerprint density at radius 2 is 2.03 bits per heavy atom. The molecule has 0 aliphatic heterocycles. The SMILES string of the molecule is CCN(CC)CCOc1cc(NC(=O)c2nc(-c3cccs3)oc2C)ccc1OC. The minimum atomic E-state index is -0.335. The van der Waals surface area contributed by atoms with Crippen LogP contribution in [0.2, 0.25) is 0 Å². The Bertz CT molecular complexity index is 965. The summed E-state index contributed by atoms with van der Waals surface area (Å²) in [6.45, 7) is 9.26. The highest BCUT2D eigenvalue weighted by Gasteiger charge is 2.19. The summed E-state index contributed by atoms with van der Waals surface area (Å²) in [4.78, 5) is 20.3. The van der Waals surface area contributed by atoms with Gasteiger partial charge in [-0.3, -0.25) is 4.79 Å². The van der Waals surface area contributed by atoms with Crippen molar-refractivity contribution in [2.45, 2.75) is 20.8 Å². The molecule has 3 aromatic rings. The van der Waals surface area contributed by atoms with Gasteiger partial charge in [0.25, 0.3) is 5.91 Å². The van der Waals surface area contributed by atoms with Crippen LogP contribution in [0.4, 0.5) is 5.69 Å². The molecule has 0 spiro atoms. The number of anilines is 1. The topological polar surface area (TPSA) is 76.8 Å². The van der Waals surface area contributed by atoms with Crippen LogP contribution in [0.15, 0.2) is 40.1 Å². The van der Waals surface area contributed by atoms with E-state index >= 15 is 0 Å². The zero-order valence-corrected chi connectivity index (χ0v) is 18.5. The standard InChI is InChI=1S/C22H27N3O4S/c1-5-25(6-2)11-12-28-18-14-16(9-10-17(18)27-4)23-21(26)20-15(3)29-22(24-20)19-8-7-13-30-19/h7-10,13-14H,5-6,11-12H2,1-4H3,(H,23,26). The number of methoxy groups -OCH3 is 1. The first kappa shape index (κ1) is 21.9. The zero-order valence-electron chi connectivity index (χ0n) is 17.7. The maximum atomic E-state index is 12.8. The van der Waals surface area contributed by atoms with E-state index in [4.69, 9.17) is 13.9 Å². The molecule has 0 saturated heterocycles. The molecule has 8 heteroatoms. The summed E-state index contributed by atoms with van der Waals surface area (Å²) in [5.74, 6) is 1.78. The van der Waals surface area contributed by atoms with Crippen LogP contribution in [0, 0.1) is 6.92 Å². The molecular formula is C22H27N3O4S. The average Bonchev–Trinajstić information content (AvgIpc) is 3.41. The molecule has 0 saturated carbocycles. The van der Waals surface area contributed by atoms with Crippen LogP contribution in [0.25, 0.3) is 10.8 Å². The van der Waals surface area contributed by atoms with Crippen LogP contribution in [-0.2, 0) is 0 Å². The summed E-state index contributed by atoms with van der Waals surface area (Å²) in [6, 6.07) is 9.12.